The molecule has 21 heavy (non-hydrogen) atoms. The molecule has 0 aromatic carbocycles. The minimum atomic E-state index is 0.362. The van der Waals surface area contributed by atoms with Gasteiger partial charge in [0.2, 0.25) is 0 Å². The van der Waals surface area contributed by atoms with Gasteiger partial charge in [-0.1, -0.05) is 19.3 Å². The predicted octanol–water partition coefficient (Wildman–Crippen LogP) is 3.04. The summed E-state index contributed by atoms with van der Waals surface area (Å²) < 4.78 is 5.81. The number of rotatable bonds is 6. The quantitative estimate of drug-likeness (QED) is 0.815. The van der Waals surface area contributed by atoms with Crippen LogP contribution in [0.15, 0.2) is 0 Å². The lowest BCUT2D eigenvalue weighted by Crippen LogP contribution is -2.60. The molecule has 3 rings (SSSR count). The Balaban J connectivity index is 1.52. The molecule has 3 nitrogen and oxygen atoms in total. The van der Waals surface area contributed by atoms with Gasteiger partial charge in [0.25, 0.3) is 0 Å². The monoisotopic (exact) mass is 294 g/mol. The summed E-state index contributed by atoms with van der Waals surface area (Å²) in [5.74, 6) is 1.89. The Hall–Kier alpha value is -0.120. The topological polar surface area (TPSA) is 24.5 Å². The highest BCUT2D eigenvalue weighted by atomic mass is 16.5. The molecule has 3 heteroatoms. The second-order valence-corrected chi connectivity index (χ2v) is 7.73. The summed E-state index contributed by atoms with van der Waals surface area (Å²) in [6.07, 6.45) is 10.5. The Morgan fingerprint density at radius 2 is 1.81 bits per heavy atom. The van der Waals surface area contributed by atoms with Gasteiger partial charge in [-0.3, -0.25) is 4.90 Å². The van der Waals surface area contributed by atoms with Gasteiger partial charge in [-0.05, 0) is 51.4 Å². The first-order chi connectivity index (χ1) is 10.2. The van der Waals surface area contributed by atoms with E-state index in [9.17, 15) is 0 Å². The fourth-order valence-electron chi connectivity index (χ4n) is 4.31. The van der Waals surface area contributed by atoms with Crippen molar-refractivity contribution in [3.63, 3.8) is 0 Å². The van der Waals surface area contributed by atoms with E-state index in [4.69, 9.17) is 4.74 Å². The second kappa shape index (κ2) is 7.43. The predicted molar refractivity (Wildman–Crippen MR) is 87.5 cm³/mol. The van der Waals surface area contributed by atoms with Gasteiger partial charge in [0, 0.05) is 31.7 Å². The van der Waals surface area contributed by atoms with Crippen LogP contribution in [0.5, 0.6) is 0 Å². The minimum absolute atomic E-state index is 0.362. The molecule has 0 aromatic rings. The zero-order valence-corrected chi connectivity index (χ0v) is 14.0. The third kappa shape index (κ3) is 4.43. The standard InChI is InChI=1S/C18H34N2O/c1-14(2)21-11-10-20-13-17(15-6-4-3-5-7-15)19-12-18(20)16-8-9-16/h14-19H,3-13H2,1-2H3. The van der Waals surface area contributed by atoms with Crippen molar-refractivity contribution in [3.05, 3.63) is 0 Å². The van der Waals surface area contributed by atoms with E-state index < -0.39 is 0 Å². The van der Waals surface area contributed by atoms with Crippen LogP contribution in [-0.2, 0) is 4.74 Å². The van der Waals surface area contributed by atoms with Crippen molar-refractivity contribution < 1.29 is 4.74 Å². The van der Waals surface area contributed by atoms with E-state index in [0.29, 0.717) is 6.10 Å². The molecule has 3 aliphatic rings. The Morgan fingerprint density at radius 3 is 2.48 bits per heavy atom. The molecule has 2 aliphatic carbocycles. The van der Waals surface area contributed by atoms with E-state index in [2.05, 4.69) is 24.1 Å². The first kappa shape index (κ1) is 15.8. The SMILES string of the molecule is CC(C)OCCN1CC(C2CCCCC2)NCC1C1CC1. The maximum atomic E-state index is 5.81. The van der Waals surface area contributed by atoms with Crippen molar-refractivity contribution >= 4 is 0 Å². The molecule has 2 saturated carbocycles. The number of piperazine rings is 1. The molecule has 122 valence electrons. The average molecular weight is 294 g/mol. The van der Waals surface area contributed by atoms with E-state index in [1.165, 1.54) is 58.0 Å². The molecule has 1 aliphatic heterocycles. The van der Waals surface area contributed by atoms with Gasteiger partial charge in [0.05, 0.1) is 12.7 Å². The van der Waals surface area contributed by atoms with Gasteiger partial charge >= 0.3 is 0 Å². The summed E-state index contributed by atoms with van der Waals surface area (Å²) in [5, 5.41) is 3.91. The maximum absolute atomic E-state index is 5.81. The van der Waals surface area contributed by atoms with Gasteiger partial charge in [-0.25, -0.2) is 0 Å². The second-order valence-electron chi connectivity index (χ2n) is 7.73. The average Bonchev–Trinajstić information content (AvgIpc) is 3.32. The summed E-state index contributed by atoms with van der Waals surface area (Å²) >= 11 is 0. The van der Waals surface area contributed by atoms with Crippen LogP contribution in [0.1, 0.15) is 58.8 Å². The van der Waals surface area contributed by atoms with E-state index in [1.807, 2.05) is 0 Å². The molecule has 0 bridgehead atoms. The van der Waals surface area contributed by atoms with Crippen molar-refractivity contribution in [1.82, 2.24) is 10.2 Å². The Morgan fingerprint density at radius 1 is 1.05 bits per heavy atom. The highest BCUT2D eigenvalue weighted by Gasteiger charge is 2.40. The Kier molecular flexibility index (Phi) is 5.58. The van der Waals surface area contributed by atoms with Gasteiger partial charge in [0.1, 0.15) is 0 Å². The molecule has 1 N–H and O–H groups in total. The molecular weight excluding hydrogens is 260 g/mol. The molecule has 0 radical (unpaired) electrons. The lowest BCUT2D eigenvalue weighted by Gasteiger charge is -2.44. The summed E-state index contributed by atoms with van der Waals surface area (Å²) in [6, 6.07) is 1.51. The summed E-state index contributed by atoms with van der Waals surface area (Å²) in [4.78, 5) is 2.76. The van der Waals surface area contributed by atoms with E-state index in [1.54, 1.807) is 0 Å². The minimum Gasteiger partial charge on any atom is -0.377 e. The molecule has 1 saturated heterocycles. The fraction of sp³-hybridized carbons (Fsp3) is 1.00. The fourth-order valence-corrected chi connectivity index (χ4v) is 4.31. The van der Waals surface area contributed by atoms with Crippen LogP contribution in [0, 0.1) is 11.8 Å². The van der Waals surface area contributed by atoms with Crippen LogP contribution in [0.3, 0.4) is 0 Å². The van der Waals surface area contributed by atoms with Gasteiger partial charge < -0.3 is 10.1 Å². The number of nitrogens with zero attached hydrogens (tertiary/aromatic N) is 1. The smallest absolute Gasteiger partial charge is 0.0597 e. The molecular formula is C18H34N2O. The first-order valence-corrected chi connectivity index (χ1v) is 9.33. The van der Waals surface area contributed by atoms with Crippen molar-refractivity contribution in [1.29, 1.82) is 0 Å². The van der Waals surface area contributed by atoms with Gasteiger partial charge in [0.15, 0.2) is 0 Å². The Bertz CT molecular complexity index is 310. The third-order valence-corrected chi connectivity index (χ3v) is 5.70. The number of ether oxygens (including phenoxy) is 1. The number of nitrogens with one attached hydrogen (secondary N) is 1. The first-order valence-electron chi connectivity index (χ1n) is 9.33. The molecule has 2 atom stereocenters. The highest BCUT2D eigenvalue weighted by Crippen LogP contribution is 2.37. The van der Waals surface area contributed by atoms with Crippen LogP contribution in [-0.4, -0.2) is 49.3 Å². The molecule has 1 heterocycles. The van der Waals surface area contributed by atoms with Crippen LogP contribution in [0.25, 0.3) is 0 Å². The summed E-state index contributed by atoms with van der Waals surface area (Å²) in [6.45, 7) is 8.78. The lowest BCUT2D eigenvalue weighted by molar-refractivity contribution is 0.0243. The number of hydrogen-bond donors (Lipinski definition) is 1. The van der Waals surface area contributed by atoms with E-state index in [0.717, 1.165) is 37.1 Å². The van der Waals surface area contributed by atoms with Crippen molar-refractivity contribution in [3.8, 4) is 0 Å². The normalized spacial score (nSPS) is 32.7. The summed E-state index contributed by atoms with van der Waals surface area (Å²) in [5.41, 5.74) is 0. The van der Waals surface area contributed by atoms with Crippen molar-refractivity contribution in [2.45, 2.75) is 77.0 Å². The van der Waals surface area contributed by atoms with Crippen LogP contribution in [0.4, 0.5) is 0 Å². The van der Waals surface area contributed by atoms with Crippen LogP contribution >= 0.6 is 0 Å². The van der Waals surface area contributed by atoms with Gasteiger partial charge in [-0.15, -0.1) is 0 Å². The molecule has 0 spiro atoms. The largest absolute Gasteiger partial charge is 0.377 e. The van der Waals surface area contributed by atoms with Crippen molar-refractivity contribution in [2.75, 3.05) is 26.2 Å². The molecule has 2 unspecified atom stereocenters. The van der Waals surface area contributed by atoms with E-state index >= 15 is 0 Å². The lowest BCUT2D eigenvalue weighted by atomic mass is 9.82. The van der Waals surface area contributed by atoms with Crippen LogP contribution in [0.2, 0.25) is 0 Å². The maximum Gasteiger partial charge on any atom is 0.0597 e. The highest BCUT2D eigenvalue weighted by molar-refractivity contribution is 4.96. The van der Waals surface area contributed by atoms with Crippen molar-refractivity contribution in [2.24, 2.45) is 11.8 Å². The molecule has 0 amide bonds. The Labute approximate surface area is 130 Å². The molecule has 3 fully saturated rings. The van der Waals surface area contributed by atoms with Crippen LogP contribution < -0.4 is 5.32 Å². The van der Waals surface area contributed by atoms with E-state index in [-0.39, 0.29) is 0 Å². The molecule has 0 aromatic heterocycles. The zero-order chi connectivity index (χ0) is 14.7. The van der Waals surface area contributed by atoms with Gasteiger partial charge in [-0.2, -0.15) is 0 Å². The summed E-state index contributed by atoms with van der Waals surface area (Å²) in [7, 11) is 0. The zero-order valence-electron chi connectivity index (χ0n) is 14.0. The number of hydrogen-bond acceptors (Lipinski definition) is 3. The third-order valence-electron chi connectivity index (χ3n) is 5.70.